The molecule has 1 aliphatic heterocycles. The molecule has 1 saturated heterocycles. The van der Waals surface area contributed by atoms with E-state index in [0.717, 1.165) is 62.5 Å². The summed E-state index contributed by atoms with van der Waals surface area (Å²) in [5.41, 5.74) is 4.66. The van der Waals surface area contributed by atoms with Gasteiger partial charge < -0.3 is 10.1 Å². The smallest absolute Gasteiger partial charge is 0.137 e. The van der Waals surface area contributed by atoms with E-state index in [1.165, 1.54) is 11.1 Å². The molecule has 1 aliphatic rings. The average molecular weight is 451 g/mol. The molecule has 168 valence electrons. The van der Waals surface area contributed by atoms with Crippen LogP contribution in [0.15, 0.2) is 54.7 Å². The van der Waals surface area contributed by atoms with E-state index in [1.54, 1.807) is 7.11 Å². The molecule has 0 bridgehead atoms. The summed E-state index contributed by atoms with van der Waals surface area (Å²) in [6.45, 7) is 6.45. The Labute approximate surface area is 195 Å². The fourth-order valence-electron chi connectivity index (χ4n) is 4.18. The topological polar surface area (TPSA) is 50.3 Å². The molecular weight excluding hydrogens is 420 g/mol. The molecule has 0 saturated carbocycles. The van der Waals surface area contributed by atoms with Gasteiger partial charge in [-0.3, -0.25) is 4.90 Å². The minimum absolute atomic E-state index is 0.554. The first kappa shape index (κ1) is 22.7. The maximum absolute atomic E-state index is 6.24. The summed E-state index contributed by atoms with van der Waals surface area (Å²) in [6.07, 6.45) is 4.59. The molecule has 2 heterocycles. The number of piperazine rings is 1. The van der Waals surface area contributed by atoms with E-state index in [9.17, 15) is 0 Å². The molecule has 0 spiro atoms. The van der Waals surface area contributed by atoms with Gasteiger partial charge in [0.25, 0.3) is 0 Å². The standard InChI is InChI=1S/C26H31ClN4O/c1-19-17-28-13-14-31(19)18-21-6-3-7-22(15-21)24-11-12-29-26(30-24)8-4-5-20-9-10-25(32-2)23(27)16-20/h3,6-7,9-12,15-16,19,28H,4-5,8,13-14,17-18H2,1-2H3/t19-/m0/s1. The molecule has 6 heteroatoms. The van der Waals surface area contributed by atoms with Crippen LogP contribution in [0.3, 0.4) is 0 Å². The summed E-state index contributed by atoms with van der Waals surface area (Å²) < 4.78 is 5.23. The monoisotopic (exact) mass is 450 g/mol. The molecule has 2 aromatic carbocycles. The lowest BCUT2D eigenvalue weighted by molar-refractivity contribution is 0.165. The molecule has 3 aromatic rings. The minimum atomic E-state index is 0.554. The van der Waals surface area contributed by atoms with Crippen molar-refractivity contribution in [2.24, 2.45) is 0 Å². The number of aromatic nitrogens is 2. The van der Waals surface area contributed by atoms with E-state index >= 15 is 0 Å². The van der Waals surface area contributed by atoms with Crippen LogP contribution in [0.2, 0.25) is 5.02 Å². The largest absolute Gasteiger partial charge is 0.495 e. The van der Waals surface area contributed by atoms with Crippen molar-refractivity contribution in [2.45, 2.75) is 38.8 Å². The van der Waals surface area contributed by atoms with Crippen LogP contribution >= 0.6 is 11.6 Å². The van der Waals surface area contributed by atoms with Gasteiger partial charge in [-0.25, -0.2) is 9.97 Å². The van der Waals surface area contributed by atoms with Crippen molar-refractivity contribution < 1.29 is 4.74 Å². The number of benzene rings is 2. The normalized spacial score (nSPS) is 16.8. The fourth-order valence-corrected chi connectivity index (χ4v) is 4.46. The highest BCUT2D eigenvalue weighted by Crippen LogP contribution is 2.26. The average Bonchev–Trinajstić information content (AvgIpc) is 2.81. The lowest BCUT2D eigenvalue weighted by Gasteiger charge is -2.33. The van der Waals surface area contributed by atoms with Crippen molar-refractivity contribution in [3.8, 4) is 17.0 Å². The van der Waals surface area contributed by atoms with E-state index in [2.05, 4.69) is 52.5 Å². The third-order valence-corrected chi connectivity index (χ3v) is 6.33. The van der Waals surface area contributed by atoms with Crippen LogP contribution < -0.4 is 10.1 Å². The summed E-state index contributed by atoms with van der Waals surface area (Å²) in [5, 5.41) is 4.11. The van der Waals surface area contributed by atoms with Crippen molar-refractivity contribution in [3.05, 3.63) is 76.7 Å². The number of methoxy groups -OCH3 is 1. The van der Waals surface area contributed by atoms with Crippen LogP contribution in [0.5, 0.6) is 5.75 Å². The second-order valence-electron chi connectivity index (χ2n) is 8.40. The Morgan fingerprint density at radius 2 is 2.03 bits per heavy atom. The maximum Gasteiger partial charge on any atom is 0.137 e. The number of halogens is 1. The van der Waals surface area contributed by atoms with Gasteiger partial charge in [0, 0.05) is 50.4 Å². The van der Waals surface area contributed by atoms with E-state index in [4.69, 9.17) is 21.3 Å². The third-order valence-electron chi connectivity index (χ3n) is 6.03. The molecule has 1 fully saturated rings. The van der Waals surface area contributed by atoms with Crippen LogP contribution in [0.25, 0.3) is 11.3 Å². The number of aryl methyl sites for hydroxylation is 2. The number of ether oxygens (including phenoxy) is 1. The van der Waals surface area contributed by atoms with Gasteiger partial charge in [-0.1, -0.05) is 35.9 Å². The Kier molecular flexibility index (Phi) is 7.74. The first-order chi connectivity index (χ1) is 15.6. The minimum Gasteiger partial charge on any atom is -0.495 e. The van der Waals surface area contributed by atoms with E-state index in [0.29, 0.717) is 16.8 Å². The Bertz CT molecular complexity index is 1040. The van der Waals surface area contributed by atoms with Crippen molar-refractivity contribution in [1.82, 2.24) is 20.2 Å². The first-order valence-corrected chi connectivity index (χ1v) is 11.7. The number of nitrogens with one attached hydrogen (secondary N) is 1. The zero-order valence-electron chi connectivity index (χ0n) is 18.9. The number of rotatable bonds is 8. The molecule has 1 aromatic heterocycles. The van der Waals surface area contributed by atoms with Crippen molar-refractivity contribution in [3.63, 3.8) is 0 Å². The molecule has 0 radical (unpaired) electrons. The zero-order chi connectivity index (χ0) is 22.3. The van der Waals surface area contributed by atoms with Gasteiger partial charge >= 0.3 is 0 Å². The van der Waals surface area contributed by atoms with Gasteiger partial charge in [0.1, 0.15) is 11.6 Å². The number of hydrogen-bond donors (Lipinski definition) is 1. The quantitative estimate of drug-likeness (QED) is 0.535. The number of nitrogens with zero attached hydrogens (tertiary/aromatic N) is 3. The van der Waals surface area contributed by atoms with Crippen molar-refractivity contribution in [1.29, 1.82) is 0 Å². The van der Waals surface area contributed by atoms with Gasteiger partial charge in [0.05, 0.1) is 17.8 Å². The van der Waals surface area contributed by atoms with Gasteiger partial charge in [0.15, 0.2) is 0 Å². The molecule has 4 rings (SSSR count). The molecule has 0 aliphatic carbocycles. The second-order valence-corrected chi connectivity index (χ2v) is 8.81. The molecule has 5 nitrogen and oxygen atoms in total. The molecule has 1 atom stereocenters. The molecule has 0 unspecified atom stereocenters. The maximum atomic E-state index is 6.24. The van der Waals surface area contributed by atoms with E-state index in [1.807, 2.05) is 24.4 Å². The Morgan fingerprint density at radius 1 is 1.12 bits per heavy atom. The molecule has 0 amide bonds. The van der Waals surface area contributed by atoms with Gasteiger partial charge in [-0.15, -0.1) is 0 Å². The second kappa shape index (κ2) is 10.9. The summed E-state index contributed by atoms with van der Waals surface area (Å²) >= 11 is 6.24. The first-order valence-electron chi connectivity index (χ1n) is 11.3. The lowest BCUT2D eigenvalue weighted by atomic mass is 10.1. The van der Waals surface area contributed by atoms with Gasteiger partial charge in [-0.2, -0.15) is 0 Å². The lowest BCUT2D eigenvalue weighted by Crippen LogP contribution is -2.49. The van der Waals surface area contributed by atoms with Crippen molar-refractivity contribution >= 4 is 11.6 Å². The summed E-state index contributed by atoms with van der Waals surface area (Å²) in [4.78, 5) is 11.9. The van der Waals surface area contributed by atoms with Crippen LogP contribution in [0.1, 0.15) is 30.3 Å². The molecule has 32 heavy (non-hydrogen) atoms. The van der Waals surface area contributed by atoms with Crippen LogP contribution in [-0.2, 0) is 19.4 Å². The third kappa shape index (κ3) is 5.85. The SMILES string of the molecule is COc1ccc(CCCc2nccc(-c3cccc(CN4CCNC[C@@H]4C)c3)n2)cc1Cl. The summed E-state index contributed by atoms with van der Waals surface area (Å²) in [7, 11) is 1.63. The molecule has 1 N–H and O–H groups in total. The Balaban J connectivity index is 1.39. The van der Waals surface area contributed by atoms with Crippen LogP contribution in [0, 0.1) is 0 Å². The fraction of sp³-hybridized carbons (Fsp3) is 0.385. The summed E-state index contributed by atoms with van der Waals surface area (Å²) in [6, 6.07) is 17.2. The predicted octanol–water partition coefficient (Wildman–Crippen LogP) is 4.77. The predicted molar refractivity (Wildman–Crippen MR) is 130 cm³/mol. The van der Waals surface area contributed by atoms with Gasteiger partial charge in [0.2, 0.25) is 0 Å². The van der Waals surface area contributed by atoms with Crippen molar-refractivity contribution in [2.75, 3.05) is 26.7 Å². The Hall–Kier alpha value is -2.47. The highest BCUT2D eigenvalue weighted by molar-refractivity contribution is 6.32. The zero-order valence-corrected chi connectivity index (χ0v) is 19.6. The van der Waals surface area contributed by atoms with Gasteiger partial charge in [-0.05, 0) is 55.2 Å². The van der Waals surface area contributed by atoms with Crippen LogP contribution in [0.4, 0.5) is 0 Å². The number of hydrogen-bond acceptors (Lipinski definition) is 5. The van der Waals surface area contributed by atoms with E-state index < -0.39 is 0 Å². The summed E-state index contributed by atoms with van der Waals surface area (Å²) in [5.74, 6) is 1.59. The highest BCUT2D eigenvalue weighted by atomic mass is 35.5. The van der Waals surface area contributed by atoms with E-state index in [-0.39, 0.29) is 0 Å². The highest BCUT2D eigenvalue weighted by Gasteiger charge is 2.18. The van der Waals surface area contributed by atoms with Crippen LogP contribution in [-0.4, -0.2) is 47.7 Å². The molecular formula is C26H31ClN4O. The Morgan fingerprint density at radius 3 is 2.84 bits per heavy atom.